The van der Waals surface area contributed by atoms with Crippen LogP contribution in [0.5, 0.6) is 0 Å². The lowest BCUT2D eigenvalue weighted by Crippen LogP contribution is -2.50. The summed E-state index contributed by atoms with van der Waals surface area (Å²) < 4.78 is 0. The fraction of sp³-hybridized carbons (Fsp3) is 0.875. The van der Waals surface area contributed by atoms with Gasteiger partial charge >= 0.3 is 12.0 Å². The predicted octanol–water partition coefficient (Wildman–Crippen LogP) is 3.34. The molecule has 124 valence electrons. The van der Waals surface area contributed by atoms with Gasteiger partial charge < -0.3 is 15.3 Å². The summed E-state index contributed by atoms with van der Waals surface area (Å²) in [4.78, 5) is 25.2. The Kier molecular flexibility index (Phi) is 7.75. The van der Waals surface area contributed by atoms with Gasteiger partial charge in [-0.25, -0.2) is 4.79 Å². The van der Waals surface area contributed by atoms with Crippen LogP contribution in [0.1, 0.15) is 61.3 Å². The zero-order valence-corrected chi connectivity index (χ0v) is 14.6. The van der Waals surface area contributed by atoms with Crippen LogP contribution in [0.15, 0.2) is 0 Å². The van der Waals surface area contributed by atoms with Crippen molar-refractivity contribution in [1.82, 2.24) is 10.2 Å². The van der Waals surface area contributed by atoms with Crippen LogP contribution in [0, 0.1) is 11.3 Å². The molecule has 21 heavy (non-hydrogen) atoms. The van der Waals surface area contributed by atoms with Crippen molar-refractivity contribution < 1.29 is 14.7 Å². The number of amides is 2. The van der Waals surface area contributed by atoms with Gasteiger partial charge in [-0.05, 0) is 31.6 Å². The largest absolute Gasteiger partial charge is 0.481 e. The Hall–Kier alpha value is -1.26. The van der Waals surface area contributed by atoms with Gasteiger partial charge in [0.05, 0.1) is 6.42 Å². The average molecular weight is 300 g/mol. The van der Waals surface area contributed by atoms with E-state index in [4.69, 9.17) is 5.11 Å². The lowest BCUT2D eigenvalue weighted by molar-refractivity contribution is -0.137. The number of hydrogen-bond acceptors (Lipinski definition) is 2. The van der Waals surface area contributed by atoms with Crippen molar-refractivity contribution in [2.45, 2.75) is 73.4 Å². The van der Waals surface area contributed by atoms with Gasteiger partial charge in [-0.15, -0.1) is 0 Å². The molecule has 0 heterocycles. The first kappa shape index (κ1) is 19.7. The number of nitrogens with zero attached hydrogens (tertiary/aromatic N) is 1. The van der Waals surface area contributed by atoms with Crippen LogP contribution >= 0.6 is 0 Å². The van der Waals surface area contributed by atoms with Crippen LogP contribution in [0.2, 0.25) is 0 Å². The van der Waals surface area contributed by atoms with Crippen LogP contribution in [0.4, 0.5) is 4.79 Å². The minimum absolute atomic E-state index is 0.0336. The maximum Gasteiger partial charge on any atom is 0.317 e. The first-order chi connectivity index (χ1) is 9.42. The summed E-state index contributed by atoms with van der Waals surface area (Å²) in [5.41, 5.74) is -0.0336. The molecule has 0 aromatic carbocycles. The summed E-state index contributed by atoms with van der Waals surface area (Å²) in [6, 6.07) is -0.426. The summed E-state index contributed by atoms with van der Waals surface area (Å²) in [5.74, 6) is -0.511. The molecule has 2 N–H and O–H groups in total. The Morgan fingerprint density at radius 3 is 2.00 bits per heavy atom. The maximum absolute atomic E-state index is 12.4. The second-order valence-electron chi connectivity index (χ2n) is 7.65. The van der Waals surface area contributed by atoms with Crippen molar-refractivity contribution in [1.29, 1.82) is 0 Å². The molecule has 0 saturated carbocycles. The van der Waals surface area contributed by atoms with Crippen LogP contribution in [-0.4, -0.2) is 40.6 Å². The number of hydrogen-bond donors (Lipinski definition) is 2. The highest BCUT2D eigenvalue weighted by atomic mass is 16.4. The van der Waals surface area contributed by atoms with E-state index >= 15 is 0 Å². The minimum atomic E-state index is -0.885. The standard InChI is InChI=1S/C16H32N2O3/c1-11(2)10-18(12(3)4)15(21)17-13(8-14(19)20)9-16(5,6)7/h11-13H,8-10H2,1-7H3,(H,17,21)(H,19,20). The first-order valence-electron chi connectivity index (χ1n) is 7.71. The van der Waals surface area contributed by atoms with Gasteiger partial charge in [0, 0.05) is 18.6 Å². The molecule has 0 aromatic rings. The summed E-state index contributed by atoms with van der Waals surface area (Å²) >= 11 is 0. The van der Waals surface area contributed by atoms with Crippen LogP contribution in [-0.2, 0) is 4.79 Å². The highest BCUT2D eigenvalue weighted by Crippen LogP contribution is 2.22. The third-order valence-corrected chi connectivity index (χ3v) is 3.05. The minimum Gasteiger partial charge on any atom is -0.481 e. The van der Waals surface area contributed by atoms with E-state index in [-0.39, 0.29) is 30.0 Å². The Morgan fingerprint density at radius 1 is 1.14 bits per heavy atom. The zero-order chi connectivity index (χ0) is 16.8. The smallest absolute Gasteiger partial charge is 0.317 e. The quantitative estimate of drug-likeness (QED) is 0.757. The van der Waals surface area contributed by atoms with E-state index in [0.717, 1.165) is 0 Å². The third-order valence-electron chi connectivity index (χ3n) is 3.05. The molecule has 0 bridgehead atoms. The molecule has 0 fully saturated rings. The molecular formula is C16H32N2O3. The molecule has 0 rings (SSSR count). The summed E-state index contributed by atoms with van der Waals surface area (Å²) in [7, 11) is 0. The monoisotopic (exact) mass is 300 g/mol. The third kappa shape index (κ3) is 9.32. The van der Waals surface area contributed by atoms with E-state index in [1.54, 1.807) is 4.90 Å². The van der Waals surface area contributed by atoms with E-state index in [1.807, 2.05) is 34.6 Å². The fourth-order valence-corrected chi connectivity index (χ4v) is 2.30. The van der Waals surface area contributed by atoms with Crippen molar-refractivity contribution in [3.05, 3.63) is 0 Å². The fourth-order valence-electron chi connectivity index (χ4n) is 2.30. The molecule has 0 aromatic heterocycles. The van der Waals surface area contributed by atoms with Crippen LogP contribution < -0.4 is 5.32 Å². The van der Waals surface area contributed by atoms with E-state index < -0.39 is 5.97 Å². The molecule has 2 amide bonds. The molecule has 0 aliphatic heterocycles. The second-order valence-corrected chi connectivity index (χ2v) is 7.65. The normalized spacial score (nSPS) is 13.4. The second kappa shape index (κ2) is 8.25. The molecule has 1 atom stereocenters. The number of carbonyl (C=O) groups excluding carboxylic acids is 1. The van der Waals surface area contributed by atoms with Gasteiger partial charge in [-0.2, -0.15) is 0 Å². The number of carboxylic acids is 1. The molecule has 0 spiro atoms. The van der Waals surface area contributed by atoms with Gasteiger partial charge in [-0.3, -0.25) is 4.79 Å². The number of nitrogens with one attached hydrogen (secondary N) is 1. The molecule has 5 heteroatoms. The molecular weight excluding hydrogens is 268 g/mol. The van der Waals surface area contributed by atoms with Gasteiger partial charge in [0.1, 0.15) is 0 Å². The molecule has 0 aliphatic carbocycles. The van der Waals surface area contributed by atoms with Gasteiger partial charge in [0.15, 0.2) is 0 Å². The number of carbonyl (C=O) groups is 2. The topological polar surface area (TPSA) is 69.6 Å². The first-order valence-corrected chi connectivity index (χ1v) is 7.71. The highest BCUT2D eigenvalue weighted by Gasteiger charge is 2.26. The van der Waals surface area contributed by atoms with Crippen molar-refractivity contribution in [3.63, 3.8) is 0 Å². The van der Waals surface area contributed by atoms with E-state index in [0.29, 0.717) is 18.9 Å². The Bertz CT molecular complexity index is 346. The Balaban J connectivity index is 4.86. The van der Waals surface area contributed by atoms with Crippen molar-refractivity contribution in [2.24, 2.45) is 11.3 Å². The summed E-state index contributed by atoms with van der Waals surface area (Å²) in [6.07, 6.45) is 0.593. The van der Waals surface area contributed by atoms with Gasteiger partial charge in [-0.1, -0.05) is 34.6 Å². The van der Waals surface area contributed by atoms with E-state index in [9.17, 15) is 9.59 Å². The Labute approximate surface area is 129 Å². The van der Waals surface area contributed by atoms with Crippen LogP contribution in [0.3, 0.4) is 0 Å². The number of rotatable bonds is 7. The average Bonchev–Trinajstić information content (AvgIpc) is 2.21. The molecule has 1 unspecified atom stereocenters. The van der Waals surface area contributed by atoms with E-state index in [1.165, 1.54) is 0 Å². The molecule has 0 aliphatic rings. The Morgan fingerprint density at radius 2 is 1.67 bits per heavy atom. The predicted molar refractivity (Wildman–Crippen MR) is 85.3 cm³/mol. The highest BCUT2D eigenvalue weighted by molar-refractivity contribution is 5.76. The summed E-state index contributed by atoms with van der Waals surface area (Å²) in [5, 5.41) is 11.9. The maximum atomic E-state index is 12.4. The lowest BCUT2D eigenvalue weighted by atomic mass is 9.87. The molecule has 0 saturated heterocycles. The molecule has 0 radical (unpaired) electrons. The van der Waals surface area contributed by atoms with Gasteiger partial charge in [0.2, 0.25) is 0 Å². The SMILES string of the molecule is CC(C)CN(C(=O)NC(CC(=O)O)CC(C)(C)C)C(C)C. The zero-order valence-electron chi connectivity index (χ0n) is 14.6. The van der Waals surface area contributed by atoms with Crippen molar-refractivity contribution >= 4 is 12.0 Å². The van der Waals surface area contributed by atoms with Crippen LogP contribution in [0.25, 0.3) is 0 Å². The number of urea groups is 1. The van der Waals surface area contributed by atoms with Gasteiger partial charge in [0.25, 0.3) is 0 Å². The molecule has 5 nitrogen and oxygen atoms in total. The van der Waals surface area contributed by atoms with Crippen molar-refractivity contribution in [2.75, 3.05) is 6.54 Å². The lowest BCUT2D eigenvalue weighted by Gasteiger charge is -2.32. The number of carboxylic acid groups (broad SMARTS) is 1. The summed E-state index contributed by atoms with van der Waals surface area (Å²) in [6.45, 7) is 14.9. The van der Waals surface area contributed by atoms with E-state index in [2.05, 4.69) is 19.2 Å². The number of aliphatic carboxylic acids is 1. The van der Waals surface area contributed by atoms with Crippen molar-refractivity contribution in [3.8, 4) is 0 Å².